The summed E-state index contributed by atoms with van der Waals surface area (Å²) in [5.41, 5.74) is 2.31. The Hall–Kier alpha value is -0.720. The lowest BCUT2D eigenvalue weighted by Gasteiger charge is -1.98. The van der Waals surface area contributed by atoms with Gasteiger partial charge in [0.1, 0.15) is 5.40 Å². The van der Waals surface area contributed by atoms with Crippen molar-refractivity contribution in [2.45, 2.75) is 6.92 Å². The molecule has 1 nitrogen and oxygen atoms in total. The van der Waals surface area contributed by atoms with Gasteiger partial charge in [0.05, 0.1) is 0 Å². The highest BCUT2D eigenvalue weighted by Gasteiger charge is 1.94. The number of hydrogen-bond donors (Lipinski definition) is 0. The monoisotopic (exact) mass is 253 g/mol. The first-order chi connectivity index (χ1) is 6.24. The van der Waals surface area contributed by atoms with E-state index in [1.807, 2.05) is 30.5 Å². The van der Waals surface area contributed by atoms with Crippen LogP contribution in [0, 0.1) is 17.6 Å². The lowest BCUT2D eigenvalue weighted by molar-refractivity contribution is 1.44. The zero-order valence-corrected chi connectivity index (χ0v) is 9.52. The van der Waals surface area contributed by atoms with Gasteiger partial charge in [-0.15, -0.1) is 0 Å². The number of benzene rings is 1. The first kappa shape index (κ1) is 10.4. The Morgan fingerprint density at radius 2 is 2.31 bits per heavy atom. The van der Waals surface area contributed by atoms with Crippen molar-refractivity contribution in [1.29, 1.82) is 5.26 Å². The summed E-state index contributed by atoms with van der Waals surface area (Å²) in [6, 6.07) is 6.12. The minimum Gasteiger partial charge on any atom is -0.185 e. The summed E-state index contributed by atoms with van der Waals surface area (Å²) in [6.07, 6.45) is 1.91. The molecule has 0 saturated carbocycles. The number of nitrogens with zero attached hydrogens (tertiary/aromatic N) is 1. The van der Waals surface area contributed by atoms with Crippen molar-refractivity contribution in [3.63, 3.8) is 0 Å². The molecule has 0 atom stereocenters. The fraction of sp³-hybridized carbons (Fsp3) is 0.100. The fourth-order valence-corrected chi connectivity index (χ4v) is 1.81. The zero-order chi connectivity index (χ0) is 9.68. The van der Waals surface area contributed by atoms with E-state index in [9.17, 15) is 0 Å². The summed E-state index contributed by atoms with van der Waals surface area (Å²) in [6.45, 7) is 2.04. The molecule has 1 aromatic rings. The summed E-state index contributed by atoms with van der Waals surface area (Å²) in [4.78, 5) is 0. The lowest BCUT2D eigenvalue weighted by Crippen LogP contribution is -1.76. The van der Waals surface area contributed by atoms with Crippen LogP contribution in [0.4, 0.5) is 0 Å². The minimum absolute atomic E-state index is 1.06. The van der Waals surface area contributed by atoms with E-state index in [0.717, 1.165) is 21.8 Å². The first-order valence-electron chi connectivity index (χ1n) is 3.71. The van der Waals surface area contributed by atoms with E-state index in [2.05, 4.69) is 22.0 Å². The third-order valence-corrected chi connectivity index (χ3v) is 2.59. The van der Waals surface area contributed by atoms with E-state index in [1.54, 1.807) is 5.41 Å². The average molecular weight is 254 g/mol. The molecule has 1 rings (SSSR count). The number of halogens is 1. The molecular formula is C10H8BrNS. The van der Waals surface area contributed by atoms with Crippen LogP contribution in [-0.4, -0.2) is 0 Å². The van der Waals surface area contributed by atoms with Gasteiger partial charge in [-0.25, -0.2) is 0 Å². The molecule has 0 aliphatic heterocycles. The Balaban J connectivity index is 2.85. The van der Waals surface area contributed by atoms with Gasteiger partial charge in [0.15, 0.2) is 0 Å². The third-order valence-electron chi connectivity index (χ3n) is 1.52. The summed E-state index contributed by atoms with van der Waals surface area (Å²) in [7, 11) is 0. The molecule has 0 aliphatic carbocycles. The van der Waals surface area contributed by atoms with Gasteiger partial charge in [-0.3, -0.25) is 0 Å². The Bertz CT molecular complexity index is 366. The zero-order valence-electron chi connectivity index (χ0n) is 7.12. The van der Waals surface area contributed by atoms with Gasteiger partial charge < -0.3 is 0 Å². The van der Waals surface area contributed by atoms with Gasteiger partial charge in [-0.2, -0.15) is 5.26 Å². The summed E-state index contributed by atoms with van der Waals surface area (Å²) in [5, 5.41) is 12.1. The number of nitriles is 1. The highest BCUT2D eigenvalue weighted by Crippen LogP contribution is 2.20. The second kappa shape index (κ2) is 5.11. The van der Waals surface area contributed by atoms with E-state index in [4.69, 9.17) is 5.26 Å². The Labute approximate surface area is 90.6 Å². The molecule has 0 fully saturated rings. The first-order valence-corrected chi connectivity index (χ1v) is 5.39. The SMILES string of the molecule is Cc1ccc(/C=C\SC#N)c(Br)c1. The average Bonchev–Trinajstić information content (AvgIpc) is 2.09. The van der Waals surface area contributed by atoms with Crippen LogP contribution in [0.2, 0.25) is 0 Å². The van der Waals surface area contributed by atoms with Crippen LogP contribution in [0.3, 0.4) is 0 Å². The number of thioether (sulfide) groups is 1. The van der Waals surface area contributed by atoms with Crippen molar-refractivity contribution < 1.29 is 0 Å². The minimum atomic E-state index is 1.06. The van der Waals surface area contributed by atoms with Gasteiger partial charge in [0, 0.05) is 4.47 Å². The molecule has 13 heavy (non-hydrogen) atoms. The van der Waals surface area contributed by atoms with E-state index in [0.29, 0.717) is 0 Å². The highest BCUT2D eigenvalue weighted by atomic mass is 79.9. The van der Waals surface area contributed by atoms with Crippen molar-refractivity contribution in [3.05, 3.63) is 39.2 Å². The predicted molar refractivity (Wildman–Crippen MR) is 61.1 cm³/mol. The molecule has 0 aliphatic rings. The predicted octanol–water partition coefficient (Wildman–Crippen LogP) is 3.94. The van der Waals surface area contributed by atoms with Gasteiger partial charge in [-0.1, -0.05) is 28.1 Å². The molecule has 0 unspecified atom stereocenters. The van der Waals surface area contributed by atoms with Crippen molar-refractivity contribution in [2.24, 2.45) is 0 Å². The molecule has 1 aromatic carbocycles. The summed E-state index contributed by atoms with van der Waals surface area (Å²) >= 11 is 4.58. The molecular weight excluding hydrogens is 246 g/mol. The molecule has 0 amide bonds. The standard InChI is InChI=1S/C10H8BrNS/c1-8-2-3-9(10(11)6-8)4-5-13-7-12/h2-6H,1H3/b5-4-. The maximum atomic E-state index is 8.31. The number of thiocyanates is 1. The molecule has 66 valence electrons. The topological polar surface area (TPSA) is 23.8 Å². The Morgan fingerprint density at radius 1 is 1.54 bits per heavy atom. The van der Waals surface area contributed by atoms with Crippen LogP contribution >= 0.6 is 27.7 Å². The van der Waals surface area contributed by atoms with Crippen LogP contribution in [0.25, 0.3) is 6.08 Å². The Kier molecular flexibility index (Phi) is 4.07. The van der Waals surface area contributed by atoms with Gasteiger partial charge >= 0.3 is 0 Å². The quantitative estimate of drug-likeness (QED) is 0.746. The third kappa shape index (κ3) is 3.25. The van der Waals surface area contributed by atoms with E-state index < -0.39 is 0 Å². The molecule has 3 heteroatoms. The van der Waals surface area contributed by atoms with Crippen molar-refractivity contribution in [3.8, 4) is 5.40 Å². The van der Waals surface area contributed by atoms with Crippen molar-refractivity contribution >= 4 is 33.8 Å². The number of aryl methyl sites for hydroxylation is 1. The lowest BCUT2D eigenvalue weighted by atomic mass is 10.1. The van der Waals surface area contributed by atoms with Crippen LogP contribution < -0.4 is 0 Å². The van der Waals surface area contributed by atoms with Crippen LogP contribution in [0.5, 0.6) is 0 Å². The van der Waals surface area contributed by atoms with Crippen LogP contribution in [-0.2, 0) is 0 Å². The number of hydrogen-bond acceptors (Lipinski definition) is 2. The highest BCUT2D eigenvalue weighted by molar-refractivity contribution is 9.10. The Morgan fingerprint density at radius 3 is 2.92 bits per heavy atom. The number of rotatable bonds is 2. The smallest absolute Gasteiger partial charge is 0.137 e. The molecule has 0 aromatic heterocycles. The maximum Gasteiger partial charge on any atom is 0.137 e. The largest absolute Gasteiger partial charge is 0.185 e. The van der Waals surface area contributed by atoms with E-state index >= 15 is 0 Å². The van der Waals surface area contributed by atoms with Crippen LogP contribution in [0.15, 0.2) is 28.1 Å². The summed E-state index contributed by atoms with van der Waals surface area (Å²) in [5.74, 6) is 0. The molecule has 0 N–H and O–H groups in total. The van der Waals surface area contributed by atoms with Gasteiger partial charge in [-0.05, 0) is 47.4 Å². The second-order valence-electron chi connectivity index (χ2n) is 2.54. The van der Waals surface area contributed by atoms with Gasteiger partial charge in [0.2, 0.25) is 0 Å². The van der Waals surface area contributed by atoms with Gasteiger partial charge in [0.25, 0.3) is 0 Å². The summed E-state index contributed by atoms with van der Waals surface area (Å²) < 4.78 is 1.06. The molecule has 0 bridgehead atoms. The fourth-order valence-electron chi connectivity index (χ4n) is 0.905. The normalized spacial score (nSPS) is 10.2. The van der Waals surface area contributed by atoms with E-state index in [-0.39, 0.29) is 0 Å². The molecule has 0 heterocycles. The van der Waals surface area contributed by atoms with E-state index in [1.165, 1.54) is 5.56 Å². The van der Waals surface area contributed by atoms with Crippen LogP contribution in [0.1, 0.15) is 11.1 Å². The second-order valence-corrected chi connectivity index (χ2v) is 4.08. The molecule has 0 saturated heterocycles. The maximum absolute atomic E-state index is 8.31. The molecule has 0 radical (unpaired) electrons. The molecule has 0 spiro atoms. The van der Waals surface area contributed by atoms with Crippen molar-refractivity contribution in [2.75, 3.05) is 0 Å². The van der Waals surface area contributed by atoms with Crippen molar-refractivity contribution in [1.82, 2.24) is 0 Å².